The molecule has 2 atom stereocenters. The van der Waals surface area contributed by atoms with Crippen molar-refractivity contribution in [3.05, 3.63) is 0 Å². The Morgan fingerprint density at radius 1 is 1.17 bits per heavy atom. The highest BCUT2D eigenvalue weighted by atomic mass is 16.6. The third kappa shape index (κ3) is 5.41. The lowest BCUT2D eigenvalue weighted by atomic mass is 9.85. The van der Waals surface area contributed by atoms with E-state index in [4.69, 9.17) is 4.74 Å². The van der Waals surface area contributed by atoms with Gasteiger partial charge in [-0.05, 0) is 39.0 Å². The minimum atomic E-state index is -1.01. The van der Waals surface area contributed by atoms with Crippen LogP contribution >= 0.6 is 0 Å². The number of rotatable bonds is 3. The average Bonchev–Trinajstić information content (AvgIpc) is 2.80. The van der Waals surface area contributed by atoms with Gasteiger partial charge in [-0.3, -0.25) is 4.79 Å². The van der Waals surface area contributed by atoms with Gasteiger partial charge in [-0.1, -0.05) is 20.8 Å². The summed E-state index contributed by atoms with van der Waals surface area (Å²) in [6, 6.07) is -1.68. The first-order valence-corrected chi connectivity index (χ1v) is 7.86. The molecular weight excluding hydrogens is 300 g/mol. The molecule has 2 unspecified atom stereocenters. The standard InChI is InChI=1S/C16H28N2O5/c1-15(2,3)11(17-14(22)23-16(4,5)6)12(19)18-9-7-8-10(18)13(20)21/h10-11H,7-9H2,1-6H3,(H,17,22)(H,20,21). The van der Waals surface area contributed by atoms with Crippen molar-refractivity contribution in [2.24, 2.45) is 5.41 Å². The molecule has 0 aliphatic carbocycles. The van der Waals surface area contributed by atoms with E-state index in [0.717, 1.165) is 0 Å². The fourth-order valence-electron chi connectivity index (χ4n) is 2.53. The molecule has 1 heterocycles. The Hall–Kier alpha value is -1.79. The second-order valence-corrected chi connectivity index (χ2v) is 7.97. The topological polar surface area (TPSA) is 95.9 Å². The Labute approximate surface area is 137 Å². The van der Waals surface area contributed by atoms with Gasteiger partial charge in [-0.2, -0.15) is 0 Å². The summed E-state index contributed by atoms with van der Waals surface area (Å²) >= 11 is 0. The van der Waals surface area contributed by atoms with E-state index in [-0.39, 0.29) is 5.91 Å². The maximum atomic E-state index is 12.8. The average molecular weight is 328 g/mol. The maximum absolute atomic E-state index is 12.8. The Morgan fingerprint density at radius 3 is 2.17 bits per heavy atom. The fraction of sp³-hybridized carbons (Fsp3) is 0.812. The number of carboxylic acids is 1. The zero-order valence-electron chi connectivity index (χ0n) is 14.8. The lowest BCUT2D eigenvalue weighted by Gasteiger charge is -2.35. The molecule has 0 bridgehead atoms. The molecule has 0 aromatic heterocycles. The molecule has 2 amide bonds. The number of alkyl carbamates (subject to hydrolysis) is 1. The van der Waals surface area contributed by atoms with Crippen LogP contribution in [0.4, 0.5) is 4.79 Å². The van der Waals surface area contributed by atoms with Crippen molar-refractivity contribution in [3.63, 3.8) is 0 Å². The molecule has 7 heteroatoms. The number of ether oxygens (including phenoxy) is 1. The number of aliphatic carboxylic acids is 1. The van der Waals surface area contributed by atoms with Crippen LogP contribution in [-0.2, 0) is 14.3 Å². The zero-order valence-corrected chi connectivity index (χ0v) is 14.8. The number of hydrogen-bond donors (Lipinski definition) is 2. The van der Waals surface area contributed by atoms with Crippen LogP contribution < -0.4 is 5.32 Å². The highest BCUT2D eigenvalue weighted by Crippen LogP contribution is 2.26. The summed E-state index contributed by atoms with van der Waals surface area (Å²) in [5.74, 6) is -1.39. The monoisotopic (exact) mass is 328 g/mol. The Morgan fingerprint density at radius 2 is 1.74 bits per heavy atom. The van der Waals surface area contributed by atoms with E-state index in [2.05, 4.69) is 5.32 Å². The lowest BCUT2D eigenvalue weighted by molar-refractivity contribution is -0.150. The number of carboxylic acid groups (broad SMARTS) is 1. The van der Waals surface area contributed by atoms with Crippen LogP contribution in [0, 0.1) is 5.41 Å². The second kappa shape index (κ2) is 6.76. The van der Waals surface area contributed by atoms with Gasteiger partial charge in [0, 0.05) is 6.54 Å². The van der Waals surface area contributed by atoms with Crippen LogP contribution in [0.5, 0.6) is 0 Å². The van der Waals surface area contributed by atoms with Crippen LogP contribution in [0.15, 0.2) is 0 Å². The van der Waals surface area contributed by atoms with Gasteiger partial charge in [-0.15, -0.1) is 0 Å². The Kier molecular flexibility index (Phi) is 5.66. The Balaban J connectivity index is 2.92. The van der Waals surface area contributed by atoms with Crippen molar-refractivity contribution in [3.8, 4) is 0 Å². The van der Waals surface area contributed by atoms with Crippen LogP contribution in [0.3, 0.4) is 0 Å². The molecule has 2 N–H and O–H groups in total. The highest BCUT2D eigenvalue weighted by Gasteiger charge is 2.42. The predicted octanol–water partition coefficient (Wildman–Crippen LogP) is 2.00. The first kappa shape index (κ1) is 19.3. The van der Waals surface area contributed by atoms with Gasteiger partial charge in [0.2, 0.25) is 5.91 Å². The number of nitrogens with one attached hydrogen (secondary N) is 1. The molecule has 132 valence electrons. The minimum absolute atomic E-state index is 0.381. The molecule has 0 aromatic rings. The van der Waals surface area contributed by atoms with Gasteiger partial charge in [-0.25, -0.2) is 9.59 Å². The number of carbonyl (C=O) groups is 3. The van der Waals surface area contributed by atoms with Gasteiger partial charge in [0.25, 0.3) is 0 Å². The summed E-state index contributed by atoms with van der Waals surface area (Å²) in [6.45, 7) is 11.1. The van der Waals surface area contributed by atoms with Crippen molar-refractivity contribution < 1.29 is 24.2 Å². The number of hydrogen-bond acceptors (Lipinski definition) is 4. The first-order valence-electron chi connectivity index (χ1n) is 7.86. The molecular formula is C16H28N2O5. The summed E-state index contributed by atoms with van der Waals surface area (Å²) in [5.41, 5.74) is -1.24. The van der Waals surface area contributed by atoms with E-state index in [9.17, 15) is 19.5 Å². The molecule has 1 fully saturated rings. The normalized spacial score (nSPS) is 20.1. The zero-order chi connectivity index (χ0) is 18.0. The van der Waals surface area contributed by atoms with Crippen molar-refractivity contribution in [1.29, 1.82) is 0 Å². The third-order valence-corrected chi connectivity index (χ3v) is 3.59. The van der Waals surface area contributed by atoms with E-state index in [0.29, 0.717) is 19.4 Å². The summed E-state index contributed by atoms with van der Waals surface area (Å²) in [6.07, 6.45) is 0.396. The van der Waals surface area contributed by atoms with Crippen LogP contribution in [-0.4, -0.2) is 52.2 Å². The van der Waals surface area contributed by atoms with Crippen molar-refractivity contribution in [1.82, 2.24) is 10.2 Å². The molecule has 0 saturated carbocycles. The number of nitrogens with zero attached hydrogens (tertiary/aromatic N) is 1. The predicted molar refractivity (Wildman–Crippen MR) is 85.0 cm³/mol. The second-order valence-electron chi connectivity index (χ2n) is 7.97. The third-order valence-electron chi connectivity index (χ3n) is 3.59. The Bertz CT molecular complexity index is 476. The summed E-state index contributed by atoms with van der Waals surface area (Å²) in [5, 5.41) is 11.9. The van der Waals surface area contributed by atoms with Crippen LogP contribution in [0.2, 0.25) is 0 Å². The van der Waals surface area contributed by atoms with Crippen molar-refractivity contribution in [2.45, 2.75) is 72.1 Å². The van der Waals surface area contributed by atoms with E-state index in [1.807, 2.05) is 20.8 Å². The number of amides is 2. The largest absolute Gasteiger partial charge is 0.480 e. The molecule has 23 heavy (non-hydrogen) atoms. The first-order chi connectivity index (χ1) is 10.3. The molecule has 1 aliphatic heterocycles. The number of carbonyl (C=O) groups excluding carboxylic acids is 2. The van der Waals surface area contributed by atoms with E-state index in [1.54, 1.807) is 20.8 Å². The summed E-state index contributed by atoms with van der Waals surface area (Å²) in [7, 11) is 0. The van der Waals surface area contributed by atoms with Crippen LogP contribution in [0.25, 0.3) is 0 Å². The van der Waals surface area contributed by atoms with Crippen LogP contribution in [0.1, 0.15) is 54.4 Å². The van der Waals surface area contributed by atoms with Gasteiger partial charge in [0.05, 0.1) is 0 Å². The molecule has 1 aliphatic rings. The molecule has 1 saturated heterocycles. The highest BCUT2D eigenvalue weighted by molar-refractivity contribution is 5.90. The van der Waals surface area contributed by atoms with Gasteiger partial charge >= 0.3 is 12.1 Å². The maximum Gasteiger partial charge on any atom is 0.408 e. The molecule has 1 rings (SSSR count). The van der Waals surface area contributed by atoms with E-state index >= 15 is 0 Å². The number of likely N-dealkylation sites (tertiary alicyclic amines) is 1. The fourth-order valence-corrected chi connectivity index (χ4v) is 2.53. The van der Waals surface area contributed by atoms with Crippen molar-refractivity contribution in [2.75, 3.05) is 6.54 Å². The van der Waals surface area contributed by atoms with Gasteiger partial charge < -0.3 is 20.1 Å². The van der Waals surface area contributed by atoms with E-state index < -0.39 is 35.2 Å². The molecule has 0 spiro atoms. The minimum Gasteiger partial charge on any atom is -0.480 e. The smallest absolute Gasteiger partial charge is 0.408 e. The summed E-state index contributed by atoms with van der Waals surface area (Å²) < 4.78 is 5.21. The quantitative estimate of drug-likeness (QED) is 0.826. The lowest BCUT2D eigenvalue weighted by Crippen LogP contribution is -2.57. The SMILES string of the molecule is CC(C)(C)OC(=O)NC(C(=O)N1CCCC1C(=O)O)C(C)(C)C. The van der Waals surface area contributed by atoms with Gasteiger partial charge in [0.1, 0.15) is 17.7 Å². The van der Waals surface area contributed by atoms with E-state index in [1.165, 1.54) is 4.90 Å². The molecule has 0 aromatic carbocycles. The molecule has 7 nitrogen and oxygen atoms in total. The van der Waals surface area contributed by atoms with Crippen molar-refractivity contribution >= 4 is 18.0 Å². The van der Waals surface area contributed by atoms with Gasteiger partial charge in [0.15, 0.2) is 0 Å². The molecule has 0 radical (unpaired) electrons. The summed E-state index contributed by atoms with van der Waals surface area (Å²) in [4.78, 5) is 37.5.